The quantitative estimate of drug-likeness (QED) is 0.0397. The molecule has 12 nitrogen and oxygen atoms in total. The Hall–Kier alpha value is -3.92. The summed E-state index contributed by atoms with van der Waals surface area (Å²) < 4.78 is 3.69. The monoisotopic (exact) mass is 685 g/mol. The first-order valence-electron chi connectivity index (χ1n) is 13.9. The lowest BCUT2D eigenvalue weighted by molar-refractivity contribution is -0.687. The molecule has 3 amide bonds. The van der Waals surface area contributed by atoms with E-state index in [1.165, 1.54) is 39.8 Å². The molecule has 5 rings (SSSR count). The molecule has 45 heavy (non-hydrogen) atoms. The van der Waals surface area contributed by atoms with Gasteiger partial charge in [0.05, 0.1) is 21.5 Å². The number of pyridine rings is 1. The van der Waals surface area contributed by atoms with Gasteiger partial charge in [0.25, 0.3) is 17.1 Å². The molecule has 1 saturated heterocycles. The van der Waals surface area contributed by atoms with Crippen LogP contribution < -0.4 is 26.7 Å². The summed E-state index contributed by atoms with van der Waals surface area (Å²) in [7, 11) is 0. The number of nitrogens with two attached hydrogens (primary N) is 2. The zero-order valence-electron chi connectivity index (χ0n) is 23.9. The van der Waals surface area contributed by atoms with Crippen molar-refractivity contribution in [3.05, 3.63) is 77.8 Å². The number of amides is 3. The minimum absolute atomic E-state index is 0.0205. The standard InChI is InChI=1S/C29H29ClN8O4S3/c30-24(40)23-18(5-3-12-37-13-8-17(9-14-37)25(41)33-10-4-11-34-28(31)32)15-43-27-22(26(42)38(23)27)36-21(39)16-44-29-35-19-6-1-2-7-20(19)45-29/h1-3,5-9,13-14,22,27H,4,10-12,15-16H2,(H5-,31,32,33,34,36,39,41)/p+1/t22-,27-/m1/s1. The van der Waals surface area contributed by atoms with Gasteiger partial charge in [0.15, 0.2) is 29.2 Å². The van der Waals surface area contributed by atoms with E-state index < -0.39 is 16.7 Å². The predicted octanol–water partition coefficient (Wildman–Crippen LogP) is 1.75. The number of para-hydroxylation sites is 1. The molecule has 4 heterocycles. The fraction of sp³-hybridized carbons (Fsp3) is 0.276. The van der Waals surface area contributed by atoms with Crippen molar-refractivity contribution in [3.8, 4) is 0 Å². The van der Waals surface area contributed by atoms with E-state index in [-0.39, 0.29) is 35.1 Å². The molecule has 2 aliphatic heterocycles. The minimum atomic E-state index is -0.737. The van der Waals surface area contributed by atoms with Crippen LogP contribution in [-0.4, -0.2) is 74.8 Å². The number of halogens is 1. The van der Waals surface area contributed by atoms with Crippen LogP contribution in [0.5, 0.6) is 0 Å². The summed E-state index contributed by atoms with van der Waals surface area (Å²) in [6, 6.07) is 10.4. The van der Waals surface area contributed by atoms with Crippen molar-refractivity contribution in [2.45, 2.75) is 28.7 Å². The smallest absolute Gasteiger partial charge is 0.269 e. The van der Waals surface area contributed by atoms with Gasteiger partial charge >= 0.3 is 0 Å². The lowest BCUT2D eigenvalue weighted by Gasteiger charge is -2.49. The van der Waals surface area contributed by atoms with Crippen molar-refractivity contribution in [2.75, 3.05) is 24.6 Å². The average molecular weight is 686 g/mol. The minimum Gasteiger partial charge on any atom is -0.370 e. The van der Waals surface area contributed by atoms with Crippen LogP contribution in [-0.2, 0) is 20.9 Å². The van der Waals surface area contributed by atoms with Gasteiger partial charge in [-0.3, -0.25) is 29.1 Å². The molecule has 234 valence electrons. The maximum absolute atomic E-state index is 13.1. The first kappa shape index (κ1) is 32.5. The largest absolute Gasteiger partial charge is 0.370 e. The number of thioether (sulfide) groups is 2. The van der Waals surface area contributed by atoms with Gasteiger partial charge in [0.1, 0.15) is 17.1 Å². The molecular weight excluding hydrogens is 656 g/mol. The van der Waals surface area contributed by atoms with Gasteiger partial charge < -0.3 is 22.1 Å². The van der Waals surface area contributed by atoms with Crippen molar-refractivity contribution in [3.63, 3.8) is 0 Å². The lowest BCUT2D eigenvalue weighted by atomic mass is 10.0. The first-order valence-corrected chi connectivity index (χ1v) is 17.1. The molecule has 0 unspecified atom stereocenters. The number of fused-ring (bicyclic) bond motifs is 2. The van der Waals surface area contributed by atoms with Gasteiger partial charge in [0, 0.05) is 31.0 Å². The van der Waals surface area contributed by atoms with E-state index in [0.717, 1.165) is 14.6 Å². The van der Waals surface area contributed by atoms with Gasteiger partial charge in [-0.25, -0.2) is 9.55 Å². The molecule has 2 aromatic heterocycles. The number of allylic oxidation sites excluding steroid dienone is 3. The Morgan fingerprint density at radius 2 is 1.98 bits per heavy atom. The summed E-state index contributed by atoms with van der Waals surface area (Å²) in [6.07, 6.45) is 7.78. The third-order valence-corrected chi connectivity index (χ3v) is 10.5. The zero-order valence-corrected chi connectivity index (χ0v) is 27.1. The maximum atomic E-state index is 13.1. The number of carbonyl (C=O) groups excluding carboxylic acids is 4. The highest BCUT2D eigenvalue weighted by atomic mass is 35.5. The SMILES string of the molecule is NC(N)=NCCCNC(=O)c1cc[n+](CC=CC2=C(C(=O)Cl)N3C(=O)[C@@H](NC(=O)CSc4nc5ccccc5s4)[C@H]3SC2)cc1. The van der Waals surface area contributed by atoms with Gasteiger partial charge in [0.2, 0.25) is 5.91 Å². The van der Waals surface area contributed by atoms with Gasteiger partial charge in [-0.15, -0.1) is 23.1 Å². The Balaban J connectivity index is 1.12. The number of carbonyl (C=O) groups is 4. The Morgan fingerprint density at radius 1 is 1.20 bits per heavy atom. The number of benzene rings is 1. The number of β-lactam (4-membered cyclic amide) rings is 1. The highest BCUT2D eigenvalue weighted by Gasteiger charge is 2.53. The molecule has 6 N–H and O–H groups in total. The van der Waals surface area contributed by atoms with Crippen molar-refractivity contribution in [1.82, 2.24) is 20.5 Å². The Bertz CT molecular complexity index is 1670. The molecule has 2 aliphatic rings. The van der Waals surface area contributed by atoms with E-state index in [2.05, 4.69) is 20.6 Å². The van der Waals surface area contributed by atoms with Crippen molar-refractivity contribution < 1.29 is 23.7 Å². The van der Waals surface area contributed by atoms with E-state index in [9.17, 15) is 19.2 Å². The van der Waals surface area contributed by atoms with Crippen LogP contribution in [0.15, 0.2) is 81.5 Å². The number of rotatable bonds is 13. The Kier molecular flexibility index (Phi) is 10.8. The van der Waals surface area contributed by atoms with E-state index in [1.807, 2.05) is 34.9 Å². The fourth-order valence-corrected chi connectivity index (χ4v) is 8.06. The number of thiazole rings is 1. The van der Waals surface area contributed by atoms with Gasteiger partial charge in [-0.1, -0.05) is 30.0 Å². The normalized spacial score (nSPS) is 17.6. The third-order valence-electron chi connectivity index (χ3n) is 6.80. The summed E-state index contributed by atoms with van der Waals surface area (Å²) >= 11 is 10.2. The topological polar surface area (TPSA) is 177 Å². The highest BCUT2D eigenvalue weighted by Crippen LogP contribution is 2.41. The fourth-order valence-electron chi connectivity index (χ4n) is 4.65. The summed E-state index contributed by atoms with van der Waals surface area (Å²) in [4.78, 5) is 60.2. The van der Waals surface area contributed by atoms with Crippen LogP contribution in [0, 0.1) is 0 Å². The Morgan fingerprint density at radius 3 is 2.71 bits per heavy atom. The maximum Gasteiger partial charge on any atom is 0.269 e. The molecule has 3 aromatic rings. The van der Waals surface area contributed by atoms with E-state index >= 15 is 0 Å². The van der Waals surface area contributed by atoms with Crippen molar-refractivity contribution in [1.29, 1.82) is 0 Å². The van der Waals surface area contributed by atoms with Crippen LogP contribution in [0.25, 0.3) is 10.2 Å². The third kappa shape index (κ3) is 8.03. The van der Waals surface area contributed by atoms with Gasteiger partial charge in [-0.2, -0.15) is 0 Å². The molecule has 0 bridgehead atoms. The number of guanidine groups is 1. The number of nitrogens with one attached hydrogen (secondary N) is 2. The first-order chi connectivity index (χ1) is 21.7. The molecule has 0 aliphatic carbocycles. The van der Waals surface area contributed by atoms with E-state index in [4.69, 9.17) is 23.1 Å². The number of nitrogens with zero attached hydrogens (tertiary/aromatic N) is 4. The predicted molar refractivity (Wildman–Crippen MR) is 177 cm³/mol. The number of aromatic nitrogens is 2. The van der Waals surface area contributed by atoms with E-state index in [0.29, 0.717) is 42.9 Å². The summed E-state index contributed by atoms with van der Waals surface area (Å²) in [5, 5.41) is 4.48. The van der Waals surface area contributed by atoms with Crippen LogP contribution in [0.3, 0.4) is 0 Å². The van der Waals surface area contributed by atoms with Crippen molar-refractivity contribution in [2.24, 2.45) is 16.5 Å². The average Bonchev–Trinajstić information content (AvgIpc) is 3.45. The summed E-state index contributed by atoms with van der Waals surface area (Å²) in [6.45, 7) is 1.34. The van der Waals surface area contributed by atoms with Crippen LogP contribution in [0.4, 0.5) is 0 Å². The van der Waals surface area contributed by atoms with Crippen LogP contribution >= 0.6 is 46.5 Å². The highest BCUT2D eigenvalue weighted by molar-refractivity contribution is 8.01. The summed E-state index contributed by atoms with van der Waals surface area (Å²) in [5.41, 5.74) is 12.7. The number of hydrogen-bond acceptors (Lipinski definition) is 9. The lowest BCUT2D eigenvalue weighted by Crippen LogP contribution is -2.70. The molecule has 0 radical (unpaired) electrons. The second-order valence-electron chi connectivity index (χ2n) is 9.94. The molecular formula is C29H30ClN8O4S3+. The molecule has 2 atom stereocenters. The molecule has 1 aromatic carbocycles. The summed E-state index contributed by atoms with van der Waals surface area (Å²) in [5.74, 6) is -0.275. The van der Waals surface area contributed by atoms with Crippen molar-refractivity contribution >= 4 is 85.6 Å². The molecule has 1 fully saturated rings. The van der Waals surface area contributed by atoms with Crippen LogP contribution in [0.2, 0.25) is 0 Å². The molecule has 0 spiro atoms. The number of aliphatic imine (C=N–C) groups is 1. The second kappa shape index (κ2) is 14.9. The molecule has 16 heteroatoms. The molecule has 0 saturated carbocycles. The number of hydrogen-bond donors (Lipinski definition) is 4. The van der Waals surface area contributed by atoms with Gasteiger partial charge in [-0.05, 0) is 41.8 Å². The second-order valence-corrected chi connectivity index (χ2v) is 13.6. The van der Waals surface area contributed by atoms with E-state index in [1.54, 1.807) is 30.6 Å². The Labute approximate surface area is 276 Å². The zero-order chi connectivity index (χ0) is 31.9. The van der Waals surface area contributed by atoms with Crippen LogP contribution in [0.1, 0.15) is 16.8 Å².